The molecule has 1 aromatic rings. The van der Waals surface area contributed by atoms with Crippen LogP contribution in [-0.4, -0.2) is 24.3 Å². The van der Waals surface area contributed by atoms with E-state index in [-0.39, 0.29) is 5.56 Å². The first-order valence-corrected chi connectivity index (χ1v) is 10.9. The molecule has 1 aromatic carbocycles. The van der Waals surface area contributed by atoms with E-state index in [1.165, 1.54) is 34.4 Å². The topological polar surface area (TPSA) is 55.8 Å². The van der Waals surface area contributed by atoms with Crippen molar-refractivity contribution in [2.24, 2.45) is 0 Å². The Hall–Kier alpha value is -2.75. The highest BCUT2D eigenvalue weighted by Gasteiger charge is 2.10. The number of ether oxygens (including phenoxy) is 2. The van der Waals surface area contributed by atoms with E-state index in [1.54, 1.807) is 6.07 Å². The lowest BCUT2D eigenvalue weighted by Crippen LogP contribution is -2.03. The average Bonchev–Trinajstić information content (AvgIpc) is 2.68. The Labute approximate surface area is 188 Å². The minimum atomic E-state index is -0.986. The summed E-state index contributed by atoms with van der Waals surface area (Å²) in [7, 11) is 0. The number of hydrogen-bond donors (Lipinski definition) is 1. The molecule has 0 amide bonds. The van der Waals surface area contributed by atoms with Crippen molar-refractivity contribution in [3.8, 4) is 11.5 Å². The number of rotatable bonds is 13. The Kier molecular flexibility index (Phi) is 12.1. The zero-order chi connectivity index (χ0) is 23.2. The lowest BCUT2D eigenvalue weighted by molar-refractivity contribution is 0.0696. The van der Waals surface area contributed by atoms with E-state index in [2.05, 4.69) is 59.8 Å². The summed E-state index contributed by atoms with van der Waals surface area (Å²) in [5.41, 5.74) is 5.32. The molecule has 0 heterocycles. The minimum absolute atomic E-state index is 0.181. The standard InChI is InChI=1S/C27H38O4/c1-20(2)9-7-11-22(5)15-17-30-25-14-13-24(27(28)29)19-26(25)31-18-16-23(6)12-8-10-21(3)4/h9-10,13-16,19H,7-8,11-12,17-18H2,1-6H3,(H,28,29)/b22-15+,23-16+. The second-order valence-electron chi connectivity index (χ2n) is 8.33. The molecule has 31 heavy (non-hydrogen) atoms. The largest absolute Gasteiger partial charge is 0.486 e. The molecule has 0 aliphatic carbocycles. The first-order chi connectivity index (χ1) is 14.7. The van der Waals surface area contributed by atoms with Gasteiger partial charge in [-0.15, -0.1) is 0 Å². The van der Waals surface area contributed by atoms with Crippen LogP contribution in [0.5, 0.6) is 11.5 Å². The smallest absolute Gasteiger partial charge is 0.335 e. The predicted molar refractivity (Wildman–Crippen MR) is 129 cm³/mol. The lowest BCUT2D eigenvalue weighted by Gasteiger charge is -2.12. The molecule has 0 aromatic heterocycles. The van der Waals surface area contributed by atoms with Gasteiger partial charge in [0, 0.05) is 0 Å². The van der Waals surface area contributed by atoms with Gasteiger partial charge in [0.05, 0.1) is 5.56 Å². The molecule has 0 radical (unpaired) electrons. The summed E-state index contributed by atoms with van der Waals surface area (Å²) in [6.45, 7) is 13.4. The molecule has 0 saturated heterocycles. The third-order valence-corrected chi connectivity index (χ3v) is 4.71. The molecule has 1 N–H and O–H groups in total. The zero-order valence-electron chi connectivity index (χ0n) is 20.0. The summed E-state index contributed by atoms with van der Waals surface area (Å²) >= 11 is 0. The third-order valence-electron chi connectivity index (χ3n) is 4.71. The van der Waals surface area contributed by atoms with Crippen LogP contribution in [0.25, 0.3) is 0 Å². The lowest BCUT2D eigenvalue weighted by atomic mass is 10.1. The van der Waals surface area contributed by atoms with Gasteiger partial charge in [-0.05, 0) is 97.6 Å². The Morgan fingerprint density at radius 3 is 1.71 bits per heavy atom. The molecular formula is C27H38O4. The second kappa shape index (κ2) is 14.3. The summed E-state index contributed by atoms with van der Waals surface area (Å²) in [5.74, 6) is 0.0117. The third kappa shape index (κ3) is 11.9. The fourth-order valence-corrected chi connectivity index (χ4v) is 2.80. The van der Waals surface area contributed by atoms with Gasteiger partial charge in [0.15, 0.2) is 11.5 Å². The van der Waals surface area contributed by atoms with Gasteiger partial charge in [-0.2, -0.15) is 0 Å². The maximum absolute atomic E-state index is 11.3. The molecule has 0 unspecified atom stereocenters. The summed E-state index contributed by atoms with van der Waals surface area (Å²) < 4.78 is 11.7. The Balaban J connectivity index is 2.75. The summed E-state index contributed by atoms with van der Waals surface area (Å²) in [5, 5.41) is 9.30. The number of carbonyl (C=O) groups is 1. The van der Waals surface area contributed by atoms with Crippen molar-refractivity contribution in [1.29, 1.82) is 0 Å². The van der Waals surface area contributed by atoms with Gasteiger partial charge in [-0.25, -0.2) is 4.79 Å². The van der Waals surface area contributed by atoms with E-state index < -0.39 is 5.97 Å². The van der Waals surface area contributed by atoms with E-state index in [4.69, 9.17) is 9.47 Å². The number of carboxylic acids is 1. The number of carboxylic acid groups (broad SMARTS) is 1. The SMILES string of the molecule is CC(C)=CCC/C(C)=C/COc1ccc(C(=O)O)cc1OC/C=C(\C)CCC=C(C)C. The van der Waals surface area contributed by atoms with Gasteiger partial charge in [0.1, 0.15) is 13.2 Å². The molecule has 0 spiro atoms. The van der Waals surface area contributed by atoms with Crippen molar-refractivity contribution in [1.82, 2.24) is 0 Å². The Morgan fingerprint density at radius 1 is 0.774 bits per heavy atom. The van der Waals surface area contributed by atoms with Crippen LogP contribution in [-0.2, 0) is 0 Å². The normalized spacial score (nSPS) is 11.7. The van der Waals surface area contributed by atoms with E-state index in [1.807, 2.05) is 6.08 Å². The molecule has 0 aliphatic heterocycles. The Bertz CT molecular complexity index is 833. The van der Waals surface area contributed by atoms with Crippen LogP contribution >= 0.6 is 0 Å². The van der Waals surface area contributed by atoms with Crippen molar-refractivity contribution >= 4 is 5.97 Å². The summed E-state index contributed by atoms with van der Waals surface area (Å²) in [6, 6.07) is 4.72. The predicted octanol–water partition coefficient (Wildman–Crippen LogP) is 7.53. The van der Waals surface area contributed by atoms with Gasteiger partial charge in [-0.1, -0.05) is 34.4 Å². The monoisotopic (exact) mass is 426 g/mol. The Morgan fingerprint density at radius 2 is 1.26 bits per heavy atom. The molecular weight excluding hydrogens is 388 g/mol. The van der Waals surface area contributed by atoms with Crippen LogP contribution < -0.4 is 9.47 Å². The first-order valence-electron chi connectivity index (χ1n) is 10.9. The van der Waals surface area contributed by atoms with Gasteiger partial charge in [-0.3, -0.25) is 0 Å². The quantitative estimate of drug-likeness (QED) is 0.331. The maximum Gasteiger partial charge on any atom is 0.335 e. The van der Waals surface area contributed by atoms with Crippen molar-refractivity contribution in [2.75, 3.05) is 13.2 Å². The van der Waals surface area contributed by atoms with Gasteiger partial charge < -0.3 is 14.6 Å². The highest BCUT2D eigenvalue weighted by atomic mass is 16.5. The number of hydrogen-bond acceptors (Lipinski definition) is 3. The molecule has 170 valence electrons. The van der Waals surface area contributed by atoms with Crippen LogP contribution in [0.3, 0.4) is 0 Å². The maximum atomic E-state index is 11.3. The highest BCUT2D eigenvalue weighted by Crippen LogP contribution is 2.29. The number of aromatic carboxylic acids is 1. The van der Waals surface area contributed by atoms with Crippen molar-refractivity contribution < 1.29 is 19.4 Å². The van der Waals surface area contributed by atoms with Crippen molar-refractivity contribution in [3.05, 3.63) is 70.4 Å². The van der Waals surface area contributed by atoms with Crippen LogP contribution in [0.4, 0.5) is 0 Å². The van der Waals surface area contributed by atoms with E-state index in [0.717, 1.165) is 25.7 Å². The fourth-order valence-electron chi connectivity index (χ4n) is 2.80. The van der Waals surface area contributed by atoms with Crippen LogP contribution in [0, 0.1) is 0 Å². The first kappa shape index (κ1) is 26.3. The number of allylic oxidation sites excluding steroid dienone is 6. The summed E-state index contributed by atoms with van der Waals surface area (Å²) in [4.78, 5) is 11.3. The molecule has 0 saturated carbocycles. The molecule has 0 aliphatic rings. The molecule has 1 rings (SSSR count). The average molecular weight is 427 g/mol. The van der Waals surface area contributed by atoms with Gasteiger partial charge >= 0.3 is 5.97 Å². The molecule has 0 fully saturated rings. The van der Waals surface area contributed by atoms with Crippen molar-refractivity contribution in [2.45, 2.75) is 67.2 Å². The highest BCUT2D eigenvalue weighted by molar-refractivity contribution is 5.88. The molecule has 4 nitrogen and oxygen atoms in total. The molecule has 4 heteroatoms. The zero-order valence-corrected chi connectivity index (χ0v) is 20.0. The fraction of sp³-hybridized carbons (Fsp3) is 0.444. The van der Waals surface area contributed by atoms with Gasteiger partial charge in [0.25, 0.3) is 0 Å². The summed E-state index contributed by atoms with van der Waals surface area (Å²) in [6.07, 6.45) is 12.5. The minimum Gasteiger partial charge on any atom is -0.486 e. The molecule has 0 atom stereocenters. The van der Waals surface area contributed by atoms with Gasteiger partial charge in [0.2, 0.25) is 0 Å². The number of benzene rings is 1. The second-order valence-corrected chi connectivity index (χ2v) is 8.33. The van der Waals surface area contributed by atoms with E-state index >= 15 is 0 Å². The van der Waals surface area contributed by atoms with Crippen molar-refractivity contribution in [3.63, 3.8) is 0 Å². The van der Waals surface area contributed by atoms with Crippen LogP contribution in [0.1, 0.15) is 77.6 Å². The van der Waals surface area contributed by atoms with Crippen LogP contribution in [0.2, 0.25) is 0 Å². The molecule has 0 bridgehead atoms. The van der Waals surface area contributed by atoms with E-state index in [0.29, 0.717) is 24.7 Å². The van der Waals surface area contributed by atoms with Crippen LogP contribution in [0.15, 0.2) is 64.8 Å². The van der Waals surface area contributed by atoms with E-state index in [9.17, 15) is 9.90 Å².